The molecule has 88 valence electrons. The maximum absolute atomic E-state index is 11.0. The van der Waals surface area contributed by atoms with E-state index in [0.717, 1.165) is 5.56 Å². The van der Waals surface area contributed by atoms with Crippen LogP contribution in [0.2, 0.25) is 0 Å². The molecular weight excluding hydrogens is 218 g/mol. The zero-order chi connectivity index (χ0) is 12.4. The van der Waals surface area contributed by atoms with Crippen LogP contribution in [0.4, 0.5) is 0 Å². The minimum atomic E-state index is -0.918. The highest BCUT2D eigenvalue weighted by Gasteiger charge is 2.24. The third-order valence-corrected chi connectivity index (χ3v) is 2.57. The van der Waals surface area contributed by atoms with Crippen LogP contribution in [-0.4, -0.2) is 16.1 Å². The maximum Gasteiger partial charge on any atom is 0.314 e. The van der Waals surface area contributed by atoms with Crippen molar-refractivity contribution in [2.75, 3.05) is 0 Å². The van der Waals surface area contributed by atoms with Crippen molar-refractivity contribution in [1.29, 1.82) is 0 Å². The van der Waals surface area contributed by atoms with Crippen molar-refractivity contribution >= 4 is 5.97 Å². The molecule has 0 aliphatic heterocycles. The Morgan fingerprint density at radius 3 is 2.59 bits per heavy atom. The van der Waals surface area contributed by atoms with Crippen molar-refractivity contribution in [2.24, 2.45) is 0 Å². The first-order valence-corrected chi connectivity index (χ1v) is 5.35. The van der Waals surface area contributed by atoms with Gasteiger partial charge in [-0.2, -0.15) is 0 Å². The summed E-state index contributed by atoms with van der Waals surface area (Å²) in [5.41, 5.74) is 1.48. The van der Waals surface area contributed by atoms with Crippen molar-refractivity contribution in [1.82, 2.24) is 4.98 Å². The van der Waals surface area contributed by atoms with E-state index < -0.39 is 11.9 Å². The van der Waals surface area contributed by atoms with Crippen LogP contribution in [0.5, 0.6) is 0 Å². The van der Waals surface area contributed by atoms with Gasteiger partial charge in [-0.1, -0.05) is 30.3 Å². The number of carboxylic acids is 1. The van der Waals surface area contributed by atoms with Crippen LogP contribution in [-0.2, 0) is 4.79 Å². The van der Waals surface area contributed by atoms with Gasteiger partial charge in [0.2, 0.25) is 0 Å². The summed E-state index contributed by atoms with van der Waals surface area (Å²) in [4.78, 5) is 15.3. The lowest BCUT2D eigenvalue weighted by Crippen LogP contribution is -2.07. The van der Waals surface area contributed by atoms with Crippen LogP contribution >= 0.6 is 0 Å². The van der Waals surface area contributed by atoms with E-state index in [1.807, 2.05) is 30.3 Å². The fourth-order valence-corrected chi connectivity index (χ4v) is 1.65. The lowest BCUT2D eigenvalue weighted by atomic mass is 10.0. The van der Waals surface area contributed by atoms with E-state index in [-0.39, 0.29) is 0 Å². The number of aryl methyl sites for hydroxylation is 1. The van der Waals surface area contributed by atoms with Crippen molar-refractivity contribution in [3.8, 4) is 11.3 Å². The maximum atomic E-state index is 11.0. The lowest BCUT2D eigenvalue weighted by molar-refractivity contribution is -0.138. The Morgan fingerprint density at radius 2 is 2.00 bits per heavy atom. The van der Waals surface area contributed by atoms with E-state index >= 15 is 0 Å². The molecule has 2 rings (SSSR count). The van der Waals surface area contributed by atoms with Crippen LogP contribution in [0, 0.1) is 6.92 Å². The summed E-state index contributed by atoms with van der Waals surface area (Å²) in [5.74, 6) is -0.738. The third-order valence-electron chi connectivity index (χ3n) is 2.57. The van der Waals surface area contributed by atoms with Gasteiger partial charge in [0, 0.05) is 12.5 Å². The number of nitrogens with zero attached hydrogens (tertiary/aromatic N) is 1. The van der Waals surface area contributed by atoms with Gasteiger partial charge in [0.1, 0.15) is 17.4 Å². The van der Waals surface area contributed by atoms with Crippen molar-refractivity contribution in [3.63, 3.8) is 0 Å². The Morgan fingerprint density at radius 1 is 1.35 bits per heavy atom. The van der Waals surface area contributed by atoms with Gasteiger partial charge in [-0.15, -0.1) is 0 Å². The van der Waals surface area contributed by atoms with E-state index in [1.54, 1.807) is 13.8 Å². The fraction of sp³-hybridized carbons (Fsp3) is 0.231. The number of hydrogen-bond donors (Lipinski definition) is 1. The van der Waals surface area contributed by atoms with Crippen LogP contribution in [0.3, 0.4) is 0 Å². The zero-order valence-electron chi connectivity index (χ0n) is 9.68. The molecule has 0 aliphatic carbocycles. The molecule has 0 amide bonds. The number of carboxylic acid groups (broad SMARTS) is 1. The molecule has 0 radical (unpaired) electrons. The molecule has 0 bridgehead atoms. The van der Waals surface area contributed by atoms with Crippen LogP contribution in [0.25, 0.3) is 11.3 Å². The summed E-state index contributed by atoms with van der Waals surface area (Å²) >= 11 is 0. The normalized spacial score (nSPS) is 12.4. The first kappa shape index (κ1) is 11.4. The van der Waals surface area contributed by atoms with Crippen molar-refractivity contribution in [2.45, 2.75) is 19.8 Å². The number of hydrogen-bond acceptors (Lipinski definition) is 3. The smallest absolute Gasteiger partial charge is 0.314 e. The Hall–Kier alpha value is -2.10. The van der Waals surface area contributed by atoms with Crippen LogP contribution in [0.1, 0.15) is 24.5 Å². The zero-order valence-corrected chi connectivity index (χ0v) is 9.68. The van der Waals surface area contributed by atoms with Crippen molar-refractivity contribution in [3.05, 3.63) is 42.0 Å². The number of carbonyl (C=O) groups is 1. The van der Waals surface area contributed by atoms with E-state index in [1.165, 1.54) is 0 Å². The van der Waals surface area contributed by atoms with Gasteiger partial charge >= 0.3 is 5.97 Å². The van der Waals surface area contributed by atoms with Crippen LogP contribution in [0.15, 0.2) is 34.7 Å². The second kappa shape index (κ2) is 4.41. The molecule has 1 N–H and O–H groups in total. The van der Waals surface area contributed by atoms with Gasteiger partial charge in [-0.25, -0.2) is 4.98 Å². The van der Waals surface area contributed by atoms with Crippen LogP contribution < -0.4 is 0 Å². The predicted molar refractivity (Wildman–Crippen MR) is 62.7 cm³/mol. The molecule has 0 saturated heterocycles. The van der Waals surface area contributed by atoms with Gasteiger partial charge in [0.25, 0.3) is 0 Å². The highest BCUT2D eigenvalue weighted by molar-refractivity contribution is 5.78. The van der Waals surface area contributed by atoms with E-state index in [0.29, 0.717) is 17.3 Å². The number of aromatic nitrogens is 1. The molecule has 0 saturated carbocycles. The quantitative estimate of drug-likeness (QED) is 0.882. The minimum Gasteiger partial charge on any atom is -0.481 e. The molecule has 0 spiro atoms. The molecule has 1 heterocycles. The van der Waals surface area contributed by atoms with E-state index in [4.69, 9.17) is 9.52 Å². The molecule has 4 heteroatoms. The molecule has 1 atom stereocenters. The standard InChI is InChI=1S/C13H13NO3/c1-8(13(15)16)12-11(14-9(2)17-12)10-6-4-3-5-7-10/h3-8H,1-2H3,(H,15,16). The molecule has 0 aliphatic rings. The minimum absolute atomic E-state index is 0.404. The first-order chi connectivity index (χ1) is 8.09. The number of benzene rings is 1. The summed E-state index contributed by atoms with van der Waals surface area (Å²) < 4.78 is 5.40. The summed E-state index contributed by atoms with van der Waals surface area (Å²) in [5, 5.41) is 9.03. The molecule has 1 aromatic heterocycles. The number of rotatable bonds is 3. The average Bonchev–Trinajstić information content (AvgIpc) is 2.71. The summed E-state index contributed by atoms with van der Waals surface area (Å²) in [6, 6.07) is 9.44. The SMILES string of the molecule is Cc1nc(-c2ccccc2)c(C(C)C(=O)O)o1. The monoisotopic (exact) mass is 231 g/mol. The number of aliphatic carboxylic acids is 1. The molecular formula is C13H13NO3. The van der Waals surface area contributed by atoms with Gasteiger partial charge in [0.05, 0.1) is 0 Å². The highest BCUT2D eigenvalue weighted by atomic mass is 16.4. The average molecular weight is 231 g/mol. The fourth-order valence-electron chi connectivity index (χ4n) is 1.65. The van der Waals surface area contributed by atoms with E-state index in [9.17, 15) is 4.79 Å². The molecule has 2 aromatic rings. The Kier molecular flexibility index (Phi) is 2.95. The summed E-state index contributed by atoms with van der Waals surface area (Å²) in [6.45, 7) is 3.30. The molecule has 17 heavy (non-hydrogen) atoms. The Labute approximate surface area is 98.9 Å². The predicted octanol–water partition coefficient (Wildman–Crippen LogP) is 2.84. The van der Waals surface area contributed by atoms with Gasteiger partial charge in [0.15, 0.2) is 5.89 Å². The summed E-state index contributed by atoms with van der Waals surface area (Å²) in [7, 11) is 0. The molecule has 4 nitrogen and oxygen atoms in total. The molecule has 1 aromatic carbocycles. The topological polar surface area (TPSA) is 63.3 Å². The lowest BCUT2D eigenvalue weighted by Gasteiger charge is -2.04. The summed E-state index contributed by atoms with van der Waals surface area (Å²) in [6.07, 6.45) is 0. The third kappa shape index (κ3) is 2.20. The highest BCUT2D eigenvalue weighted by Crippen LogP contribution is 2.29. The van der Waals surface area contributed by atoms with Gasteiger partial charge in [-0.05, 0) is 6.92 Å². The Bertz CT molecular complexity index is 531. The largest absolute Gasteiger partial charge is 0.481 e. The molecule has 0 fully saturated rings. The van der Waals surface area contributed by atoms with Gasteiger partial charge in [-0.3, -0.25) is 4.79 Å². The van der Waals surface area contributed by atoms with Gasteiger partial charge < -0.3 is 9.52 Å². The Balaban J connectivity index is 2.52. The molecule has 1 unspecified atom stereocenters. The van der Waals surface area contributed by atoms with E-state index in [2.05, 4.69) is 4.98 Å². The second-order valence-electron chi connectivity index (χ2n) is 3.87. The number of oxazole rings is 1. The first-order valence-electron chi connectivity index (χ1n) is 5.35. The second-order valence-corrected chi connectivity index (χ2v) is 3.87. The van der Waals surface area contributed by atoms with Crippen molar-refractivity contribution < 1.29 is 14.3 Å².